The highest BCUT2D eigenvalue weighted by atomic mass is 16.5. The number of hydrogen-bond donors (Lipinski definition) is 5. The predicted octanol–water partition coefficient (Wildman–Crippen LogP) is 3.16. The minimum absolute atomic E-state index is 0.0841. The SMILES string of the molecule is C=O.CC1(CCN)CC1.CNc1cc(-c2cc(-c3cc(N)cnc3C)cc(OCCO)n2)ccn1.O=CO. The highest BCUT2D eigenvalue weighted by Crippen LogP contribution is 2.47. The number of hydrogen-bond acceptors (Lipinski definition) is 10. The van der Waals surface area contributed by atoms with E-state index in [1.807, 2.05) is 51.1 Å². The molecule has 0 aliphatic heterocycles. The Labute approximate surface area is 223 Å². The maximum atomic E-state index is 9.05. The third-order valence-corrected chi connectivity index (χ3v) is 5.73. The molecular formula is C27H38N6O5. The van der Waals surface area contributed by atoms with E-state index in [-0.39, 0.29) is 19.7 Å². The first kappa shape index (κ1) is 31.9. The van der Waals surface area contributed by atoms with Crippen molar-refractivity contribution < 1.29 is 24.5 Å². The molecule has 0 radical (unpaired) electrons. The number of aliphatic hydroxyl groups excluding tert-OH is 1. The van der Waals surface area contributed by atoms with Gasteiger partial charge >= 0.3 is 0 Å². The Morgan fingerprint density at radius 2 is 1.87 bits per heavy atom. The summed E-state index contributed by atoms with van der Waals surface area (Å²) in [7, 11) is 1.81. The first-order valence-electron chi connectivity index (χ1n) is 12.0. The van der Waals surface area contributed by atoms with Crippen LogP contribution in [0.5, 0.6) is 5.88 Å². The fourth-order valence-electron chi connectivity index (χ4n) is 3.41. The molecule has 1 aliphatic rings. The van der Waals surface area contributed by atoms with Crippen LogP contribution in [0.25, 0.3) is 22.4 Å². The number of aromatic nitrogens is 3. The van der Waals surface area contributed by atoms with E-state index >= 15 is 0 Å². The molecule has 11 nitrogen and oxygen atoms in total. The van der Waals surface area contributed by atoms with E-state index in [9.17, 15) is 0 Å². The number of nitrogens with zero attached hydrogens (tertiary/aromatic N) is 3. The van der Waals surface area contributed by atoms with Gasteiger partial charge in [-0.05, 0) is 68.0 Å². The molecule has 0 aromatic carbocycles. The summed E-state index contributed by atoms with van der Waals surface area (Å²) in [6.45, 7) is 6.94. The van der Waals surface area contributed by atoms with Gasteiger partial charge in [0.1, 0.15) is 19.2 Å². The highest BCUT2D eigenvalue weighted by molar-refractivity contribution is 5.75. The van der Waals surface area contributed by atoms with Crippen molar-refractivity contribution in [3.63, 3.8) is 0 Å². The summed E-state index contributed by atoms with van der Waals surface area (Å²) in [4.78, 5) is 29.5. The fraction of sp³-hybridized carbons (Fsp3) is 0.370. The van der Waals surface area contributed by atoms with Crippen LogP contribution in [0, 0.1) is 12.3 Å². The van der Waals surface area contributed by atoms with E-state index in [2.05, 4.69) is 27.2 Å². The zero-order valence-corrected chi connectivity index (χ0v) is 22.2. The van der Waals surface area contributed by atoms with Gasteiger partial charge in [-0.25, -0.2) is 9.97 Å². The molecule has 1 fully saturated rings. The second kappa shape index (κ2) is 16.6. The Bertz CT molecular complexity index is 1140. The summed E-state index contributed by atoms with van der Waals surface area (Å²) in [5, 5.41) is 19.0. The van der Waals surface area contributed by atoms with Gasteiger partial charge in [0.15, 0.2) is 0 Å². The smallest absolute Gasteiger partial charge is 0.290 e. The zero-order valence-electron chi connectivity index (χ0n) is 22.2. The normalized spacial score (nSPS) is 12.2. The van der Waals surface area contributed by atoms with Gasteiger partial charge in [-0.2, -0.15) is 0 Å². The number of aryl methyl sites for hydroxylation is 1. The van der Waals surface area contributed by atoms with Crippen molar-refractivity contribution in [3.05, 3.63) is 48.4 Å². The lowest BCUT2D eigenvalue weighted by Gasteiger charge is -2.12. The summed E-state index contributed by atoms with van der Waals surface area (Å²) in [6, 6.07) is 9.45. The van der Waals surface area contributed by atoms with Crippen LogP contribution in [0.4, 0.5) is 11.5 Å². The van der Waals surface area contributed by atoms with Crippen molar-refractivity contribution in [2.24, 2.45) is 11.1 Å². The molecule has 3 aromatic rings. The number of nitrogen functional groups attached to an aromatic ring is 1. The van der Waals surface area contributed by atoms with E-state index in [0.717, 1.165) is 40.4 Å². The maximum Gasteiger partial charge on any atom is 0.290 e. The maximum absolute atomic E-state index is 9.05. The van der Waals surface area contributed by atoms with Gasteiger partial charge in [-0.1, -0.05) is 6.92 Å². The van der Waals surface area contributed by atoms with E-state index in [4.69, 9.17) is 36.0 Å². The van der Waals surface area contributed by atoms with Gasteiger partial charge < -0.3 is 36.5 Å². The first-order valence-corrected chi connectivity index (χ1v) is 12.0. The second-order valence-corrected chi connectivity index (χ2v) is 8.69. The zero-order chi connectivity index (χ0) is 28.6. The lowest BCUT2D eigenvalue weighted by atomic mass is 10.0. The van der Waals surface area contributed by atoms with Crippen LogP contribution in [0.3, 0.4) is 0 Å². The fourth-order valence-corrected chi connectivity index (χ4v) is 3.41. The summed E-state index contributed by atoms with van der Waals surface area (Å²) >= 11 is 0. The second-order valence-electron chi connectivity index (χ2n) is 8.69. The number of carbonyl (C=O) groups excluding carboxylic acids is 1. The summed E-state index contributed by atoms with van der Waals surface area (Å²) in [6.07, 6.45) is 7.39. The molecule has 3 aromatic heterocycles. The molecule has 38 heavy (non-hydrogen) atoms. The van der Waals surface area contributed by atoms with E-state index in [0.29, 0.717) is 17.0 Å². The van der Waals surface area contributed by atoms with Crippen molar-refractivity contribution in [1.29, 1.82) is 0 Å². The number of rotatable bonds is 8. The molecule has 0 saturated heterocycles. The molecule has 0 unspecified atom stereocenters. The van der Waals surface area contributed by atoms with Gasteiger partial charge in [0.25, 0.3) is 6.47 Å². The van der Waals surface area contributed by atoms with Crippen LogP contribution in [0.1, 0.15) is 31.9 Å². The van der Waals surface area contributed by atoms with Gasteiger partial charge in [-0.15, -0.1) is 0 Å². The number of aliphatic hydroxyl groups is 1. The predicted molar refractivity (Wildman–Crippen MR) is 149 cm³/mol. The van der Waals surface area contributed by atoms with Gasteiger partial charge in [0.05, 0.1) is 24.2 Å². The minimum atomic E-state index is -0.250. The minimum Gasteiger partial charge on any atom is -0.483 e. The quantitative estimate of drug-likeness (QED) is 0.271. The molecule has 11 heteroatoms. The van der Waals surface area contributed by atoms with Crippen LogP contribution in [-0.2, 0) is 9.59 Å². The molecule has 7 N–H and O–H groups in total. The molecule has 0 amide bonds. The van der Waals surface area contributed by atoms with Gasteiger partial charge in [0, 0.05) is 36.1 Å². The average Bonchev–Trinajstić information content (AvgIpc) is 3.67. The van der Waals surface area contributed by atoms with E-state index < -0.39 is 0 Å². The molecular weight excluding hydrogens is 488 g/mol. The van der Waals surface area contributed by atoms with Crippen LogP contribution >= 0.6 is 0 Å². The summed E-state index contributed by atoms with van der Waals surface area (Å²) < 4.78 is 5.56. The van der Waals surface area contributed by atoms with Gasteiger partial charge in [-0.3, -0.25) is 9.78 Å². The lowest BCUT2D eigenvalue weighted by molar-refractivity contribution is -0.122. The van der Waals surface area contributed by atoms with Crippen LogP contribution in [0.2, 0.25) is 0 Å². The third-order valence-electron chi connectivity index (χ3n) is 5.73. The molecule has 4 rings (SSSR count). The largest absolute Gasteiger partial charge is 0.483 e. The molecule has 1 aliphatic carbocycles. The summed E-state index contributed by atoms with van der Waals surface area (Å²) in [5.41, 5.74) is 16.8. The molecule has 0 atom stereocenters. The Morgan fingerprint density at radius 1 is 1.18 bits per heavy atom. The van der Waals surface area contributed by atoms with Gasteiger partial charge in [0.2, 0.25) is 5.88 Å². The summed E-state index contributed by atoms with van der Waals surface area (Å²) in [5.74, 6) is 1.17. The number of ether oxygens (including phenoxy) is 1. The molecule has 206 valence electrons. The monoisotopic (exact) mass is 526 g/mol. The van der Waals surface area contributed by atoms with Crippen molar-refractivity contribution in [2.75, 3.05) is 37.9 Å². The van der Waals surface area contributed by atoms with E-state index in [1.54, 1.807) is 12.4 Å². The Balaban J connectivity index is 0.000000502. The highest BCUT2D eigenvalue weighted by Gasteiger charge is 2.35. The Morgan fingerprint density at radius 3 is 2.42 bits per heavy atom. The molecule has 0 spiro atoms. The van der Waals surface area contributed by atoms with Crippen LogP contribution in [0.15, 0.2) is 42.7 Å². The van der Waals surface area contributed by atoms with Crippen molar-refractivity contribution in [2.45, 2.75) is 33.1 Å². The third kappa shape index (κ3) is 10.5. The van der Waals surface area contributed by atoms with Crippen LogP contribution < -0.4 is 21.5 Å². The molecule has 3 heterocycles. The number of anilines is 2. The topological polar surface area (TPSA) is 187 Å². The lowest BCUT2D eigenvalue weighted by Crippen LogP contribution is -2.04. The van der Waals surface area contributed by atoms with Crippen molar-refractivity contribution in [3.8, 4) is 28.3 Å². The Hall–Kier alpha value is -4.09. The van der Waals surface area contributed by atoms with Crippen molar-refractivity contribution >= 4 is 24.8 Å². The number of carbonyl (C=O) groups is 2. The molecule has 0 bridgehead atoms. The van der Waals surface area contributed by atoms with Crippen LogP contribution in [-0.4, -0.2) is 65.2 Å². The number of nitrogens with one attached hydrogen (secondary N) is 1. The number of pyridine rings is 3. The first-order chi connectivity index (χ1) is 18.3. The Kier molecular flexibility index (Phi) is 14.0. The average molecular weight is 527 g/mol. The molecule has 1 saturated carbocycles. The standard InChI is InChI=1S/C19H21N5O2.C6H13N.CH2O2.CH2O/c1-12-16(10-15(20)11-23-12)14-7-17(24-19(9-14)26-6-5-25)13-3-4-22-18(8-13)21-2;1-6(2-3-6)4-5-7;2-1-3;1-2/h3-4,7-11,25H,5-6,20H2,1-2H3,(H,21,22);2-5,7H2,1H3;1H,(H,2,3);1H2. The number of carboxylic acid groups (broad SMARTS) is 1. The number of nitrogens with two attached hydrogens (primary N) is 2. The van der Waals surface area contributed by atoms with Crippen molar-refractivity contribution in [1.82, 2.24) is 15.0 Å². The van der Waals surface area contributed by atoms with E-state index in [1.165, 1.54) is 19.3 Å².